The van der Waals surface area contributed by atoms with Gasteiger partial charge in [0.25, 0.3) is 0 Å². The average molecular weight is 522 g/mol. The molecule has 0 saturated heterocycles. The monoisotopic (exact) mass is 521 g/mol. The maximum absolute atomic E-state index is 12.9. The predicted octanol–water partition coefficient (Wildman–Crippen LogP) is 6.04. The third-order valence-electron chi connectivity index (χ3n) is 9.49. The minimum absolute atomic E-state index is 0.0182. The third-order valence-corrected chi connectivity index (χ3v) is 9.49. The first-order valence-corrected chi connectivity index (χ1v) is 13.9. The van der Waals surface area contributed by atoms with E-state index in [2.05, 4.69) is 25.7 Å². The van der Waals surface area contributed by atoms with Gasteiger partial charge in [-0.1, -0.05) is 55.8 Å². The molecule has 0 bridgehead atoms. The zero-order valence-electron chi connectivity index (χ0n) is 23.4. The van der Waals surface area contributed by atoms with Crippen molar-refractivity contribution in [1.82, 2.24) is 5.32 Å². The van der Waals surface area contributed by atoms with E-state index in [4.69, 9.17) is 13.9 Å². The number of esters is 2. The molecule has 0 unspecified atom stereocenters. The van der Waals surface area contributed by atoms with Crippen molar-refractivity contribution in [2.24, 2.45) is 22.7 Å². The number of aryl methyl sites for hydroxylation is 1. The van der Waals surface area contributed by atoms with Crippen LogP contribution in [0.1, 0.15) is 69.3 Å². The van der Waals surface area contributed by atoms with Crippen LogP contribution < -0.4 is 5.32 Å². The highest BCUT2D eigenvalue weighted by Gasteiger charge is 2.57. The average Bonchev–Trinajstić information content (AvgIpc) is 3.37. The fourth-order valence-electron chi connectivity index (χ4n) is 7.45. The molecule has 2 aliphatic rings. The van der Waals surface area contributed by atoms with E-state index >= 15 is 0 Å². The number of hydrogen-bond acceptors (Lipinski definition) is 6. The minimum atomic E-state index is -0.462. The highest BCUT2D eigenvalue weighted by Crippen LogP contribution is 2.62. The van der Waals surface area contributed by atoms with Gasteiger partial charge in [0.05, 0.1) is 32.4 Å². The Bertz CT molecular complexity index is 1120. The molecule has 2 saturated carbocycles. The Hall–Kier alpha value is -2.86. The Kier molecular flexibility index (Phi) is 8.81. The summed E-state index contributed by atoms with van der Waals surface area (Å²) in [5.41, 5.74) is 3.10. The zero-order valence-corrected chi connectivity index (χ0v) is 23.4. The molecule has 1 N–H and O–H groups in total. The van der Waals surface area contributed by atoms with Crippen LogP contribution in [0.15, 0.2) is 59.2 Å². The van der Waals surface area contributed by atoms with E-state index in [-0.39, 0.29) is 23.3 Å². The number of carbonyl (C=O) groups excluding carboxylic acids is 2. The van der Waals surface area contributed by atoms with Crippen LogP contribution >= 0.6 is 0 Å². The lowest BCUT2D eigenvalue weighted by Crippen LogP contribution is -2.53. The first kappa shape index (κ1) is 28.2. The molecule has 0 aliphatic heterocycles. The van der Waals surface area contributed by atoms with Crippen LogP contribution in [0.25, 0.3) is 0 Å². The number of carbonyl (C=O) groups is 2. The van der Waals surface area contributed by atoms with Gasteiger partial charge in [0.2, 0.25) is 0 Å². The number of benzene rings is 1. The number of furan rings is 1. The van der Waals surface area contributed by atoms with E-state index in [1.807, 2.05) is 36.4 Å². The Morgan fingerprint density at radius 2 is 1.89 bits per heavy atom. The molecule has 2 aliphatic carbocycles. The molecule has 1 heterocycles. The van der Waals surface area contributed by atoms with Crippen molar-refractivity contribution >= 4 is 11.9 Å². The summed E-state index contributed by atoms with van der Waals surface area (Å²) in [4.78, 5) is 25.3. The Labute approximate surface area is 227 Å². The predicted molar refractivity (Wildman–Crippen MR) is 147 cm³/mol. The number of fused-ring (bicyclic) bond motifs is 1. The van der Waals surface area contributed by atoms with Crippen molar-refractivity contribution < 1.29 is 23.5 Å². The number of methoxy groups -OCH3 is 2. The van der Waals surface area contributed by atoms with Crippen molar-refractivity contribution in [2.45, 2.75) is 77.8 Å². The summed E-state index contributed by atoms with van der Waals surface area (Å²) in [6, 6.07) is 11.5. The summed E-state index contributed by atoms with van der Waals surface area (Å²) in [7, 11) is 2.93. The topological polar surface area (TPSA) is 77.8 Å². The quantitative estimate of drug-likeness (QED) is 0.303. The molecule has 38 heavy (non-hydrogen) atoms. The lowest BCUT2D eigenvalue weighted by molar-refractivity contribution is -0.168. The summed E-state index contributed by atoms with van der Waals surface area (Å²) in [5.74, 6) is 1.11. The van der Waals surface area contributed by atoms with Crippen molar-refractivity contribution in [3.8, 4) is 0 Å². The number of allylic oxidation sites excluding steroid dienone is 1. The van der Waals surface area contributed by atoms with Gasteiger partial charge in [0.15, 0.2) is 0 Å². The molecular weight excluding hydrogens is 478 g/mol. The molecule has 1 aromatic carbocycles. The molecule has 5 atom stereocenters. The standard InChI is InChI=1S/C32H43NO5/c1-22-12-15-28-31(2,17-9-18-32(28,3)30(35)37-5)25(22)14-13-24-16-19-38-27(24)21-33-26(29(34)36-4)20-23-10-7-6-8-11-23/h6-8,10-11,16,19,25-26,28,33H,1,9,12-15,17-18,20-21H2,2-5H3/t25-,26+,28-,31+,32-/m0/s1. The molecule has 4 rings (SSSR count). The molecule has 206 valence electrons. The molecule has 2 aromatic rings. The van der Waals surface area contributed by atoms with Crippen LogP contribution in [0.5, 0.6) is 0 Å². The smallest absolute Gasteiger partial charge is 0.323 e. The summed E-state index contributed by atoms with van der Waals surface area (Å²) < 4.78 is 16.2. The molecular formula is C32H43NO5. The highest BCUT2D eigenvalue weighted by molar-refractivity contribution is 5.77. The van der Waals surface area contributed by atoms with Crippen LogP contribution in [0, 0.1) is 22.7 Å². The van der Waals surface area contributed by atoms with Gasteiger partial charge in [-0.15, -0.1) is 0 Å². The second-order valence-electron chi connectivity index (χ2n) is 11.6. The van der Waals surface area contributed by atoms with Crippen LogP contribution in [0.3, 0.4) is 0 Å². The Balaban J connectivity index is 1.44. The lowest BCUT2D eigenvalue weighted by atomic mass is 9.46. The number of rotatable bonds is 10. The Morgan fingerprint density at radius 3 is 2.61 bits per heavy atom. The Morgan fingerprint density at radius 1 is 1.13 bits per heavy atom. The molecule has 0 radical (unpaired) electrons. The summed E-state index contributed by atoms with van der Waals surface area (Å²) in [5, 5.41) is 3.35. The molecule has 6 heteroatoms. The molecule has 0 spiro atoms. The van der Waals surface area contributed by atoms with Gasteiger partial charge in [-0.25, -0.2) is 0 Å². The zero-order chi connectivity index (χ0) is 27.3. The van der Waals surface area contributed by atoms with E-state index in [1.54, 1.807) is 6.26 Å². The van der Waals surface area contributed by atoms with Crippen molar-refractivity contribution in [1.29, 1.82) is 0 Å². The van der Waals surface area contributed by atoms with E-state index < -0.39 is 11.5 Å². The van der Waals surface area contributed by atoms with E-state index in [9.17, 15) is 9.59 Å². The van der Waals surface area contributed by atoms with Crippen LogP contribution in [-0.2, 0) is 38.4 Å². The molecule has 1 aromatic heterocycles. The molecule has 0 amide bonds. The third kappa shape index (κ3) is 5.61. The highest BCUT2D eigenvalue weighted by atomic mass is 16.5. The SMILES string of the molecule is C=C1CC[C@H]2[C@](C)(CCC[C@]2(C)C(=O)OC)[C@H]1CCc1ccoc1CN[C@H](Cc1ccccc1)C(=O)OC. The van der Waals surface area contributed by atoms with E-state index in [0.29, 0.717) is 18.9 Å². The van der Waals surface area contributed by atoms with Crippen molar-refractivity contribution in [3.05, 3.63) is 71.7 Å². The first-order chi connectivity index (χ1) is 18.2. The van der Waals surface area contributed by atoms with Crippen LogP contribution in [-0.4, -0.2) is 32.2 Å². The van der Waals surface area contributed by atoms with Crippen LogP contribution in [0.2, 0.25) is 0 Å². The lowest BCUT2D eigenvalue weighted by Gasteiger charge is -2.57. The first-order valence-electron chi connectivity index (χ1n) is 13.9. The minimum Gasteiger partial charge on any atom is -0.469 e. The summed E-state index contributed by atoms with van der Waals surface area (Å²) in [6.07, 6.45) is 9.06. The van der Waals surface area contributed by atoms with Gasteiger partial charge in [-0.05, 0) is 86.3 Å². The van der Waals surface area contributed by atoms with Gasteiger partial charge in [-0.2, -0.15) is 0 Å². The van der Waals surface area contributed by atoms with Gasteiger partial charge >= 0.3 is 11.9 Å². The normalized spacial score (nSPS) is 27.8. The van der Waals surface area contributed by atoms with Gasteiger partial charge in [0, 0.05) is 0 Å². The maximum Gasteiger partial charge on any atom is 0.323 e. The number of hydrogen-bond donors (Lipinski definition) is 1. The van der Waals surface area contributed by atoms with E-state index in [0.717, 1.165) is 61.8 Å². The van der Waals surface area contributed by atoms with Crippen LogP contribution in [0.4, 0.5) is 0 Å². The maximum atomic E-state index is 12.9. The summed E-state index contributed by atoms with van der Waals surface area (Å²) >= 11 is 0. The van der Waals surface area contributed by atoms with Gasteiger partial charge in [-0.3, -0.25) is 14.9 Å². The number of ether oxygens (including phenoxy) is 2. The van der Waals surface area contributed by atoms with Crippen molar-refractivity contribution in [3.63, 3.8) is 0 Å². The summed E-state index contributed by atoms with van der Waals surface area (Å²) in [6.45, 7) is 9.42. The number of nitrogens with one attached hydrogen (secondary N) is 1. The molecule has 6 nitrogen and oxygen atoms in total. The van der Waals surface area contributed by atoms with Crippen molar-refractivity contribution in [2.75, 3.05) is 14.2 Å². The second-order valence-corrected chi connectivity index (χ2v) is 11.6. The van der Waals surface area contributed by atoms with E-state index in [1.165, 1.54) is 19.8 Å². The largest absolute Gasteiger partial charge is 0.469 e. The van der Waals surface area contributed by atoms with Gasteiger partial charge in [0.1, 0.15) is 11.8 Å². The fraction of sp³-hybridized carbons (Fsp3) is 0.562. The van der Waals surface area contributed by atoms with Gasteiger partial charge < -0.3 is 13.9 Å². The second kappa shape index (κ2) is 11.9. The fourth-order valence-corrected chi connectivity index (χ4v) is 7.45. The molecule has 2 fully saturated rings.